The summed E-state index contributed by atoms with van der Waals surface area (Å²) in [5.41, 5.74) is 12.2. The van der Waals surface area contributed by atoms with Gasteiger partial charge in [0.1, 0.15) is 5.75 Å². The number of hydrogen-bond acceptors (Lipinski definition) is 6. The van der Waals surface area contributed by atoms with Crippen molar-refractivity contribution in [1.29, 1.82) is 0 Å². The van der Waals surface area contributed by atoms with Crippen molar-refractivity contribution in [2.24, 2.45) is 11.7 Å². The molecule has 2 aromatic carbocycles. The van der Waals surface area contributed by atoms with Crippen LogP contribution in [0.15, 0.2) is 42.5 Å². The van der Waals surface area contributed by atoms with E-state index >= 15 is 0 Å². The number of sulfonamides is 1. The average Bonchev–Trinajstić information content (AvgIpc) is 2.70. The van der Waals surface area contributed by atoms with E-state index in [9.17, 15) is 13.2 Å². The number of carbonyl (C=O) groups excluding carboxylic acids is 1. The molecule has 3 N–H and O–H groups in total. The van der Waals surface area contributed by atoms with Gasteiger partial charge in [-0.3, -0.25) is 14.5 Å². The van der Waals surface area contributed by atoms with Gasteiger partial charge < -0.3 is 10.5 Å². The summed E-state index contributed by atoms with van der Waals surface area (Å²) in [5, 5.41) is 0.864. The fourth-order valence-electron chi connectivity index (χ4n) is 3.63. The number of nitrogens with two attached hydrogens (primary N) is 1. The Balaban J connectivity index is 0.00000289. The van der Waals surface area contributed by atoms with Gasteiger partial charge in [-0.1, -0.05) is 43.7 Å². The number of halogens is 2. The topological polar surface area (TPSA) is 111 Å². The Morgan fingerprint density at radius 1 is 1.12 bits per heavy atom. The number of ether oxygens (including phenoxy) is 1. The Hall–Kier alpha value is -2.39. The Morgan fingerprint density at radius 2 is 1.76 bits per heavy atom. The second-order valence-corrected chi connectivity index (χ2v) is 10.1. The highest BCUT2D eigenvalue weighted by atomic mass is 35.5. The summed E-state index contributed by atoms with van der Waals surface area (Å²) in [6.07, 6.45) is 1.73. The molecule has 0 atom stereocenters. The van der Waals surface area contributed by atoms with Crippen molar-refractivity contribution in [3.05, 3.63) is 59.3 Å². The van der Waals surface area contributed by atoms with Crippen LogP contribution in [-0.4, -0.2) is 32.2 Å². The van der Waals surface area contributed by atoms with Crippen LogP contribution in [0.25, 0.3) is 22.0 Å². The monoisotopic (exact) mass is 527 g/mol. The second-order valence-electron chi connectivity index (χ2n) is 8.35. The predicted molar refractivity (Wildman–Crippen MR) is 141 cm³/mol. The van der Waals surface area contributed by atoms with Gasteiger partial charge in [0.25, 0.3) is 5.91 Å². The summed E-state index contributed by atoms with van der Waals surface area (Å²) in [6.45, 7) is 6.26. The lowest BCUT2D eigenvalue weighted by molar-refractivity contribution is -0.121. The third-order valence-corrected chi connectivity index (χ3v) is 5.56. The summed E-state index contributed by atoms with van der Waals surface area (Å²) in [7, 11) is -3.64. The minimum Gasteiger partial charge on any atom is -0.484 e. The molecule has 0 saturated carbocycles. The fraction of sp³-hybridized carbons (Fsp3) is 0.333. The molecule has 1 amide bonds. The van der Waals surface area contributed by atoms with Crippen molar-refractivity contribution in [2.45, 2.75) is 33.7 Å². The lowest BCUT2D eigenvalue weighted by Gasteiger charge is -2.18. The number of aromatic nitrogens is 1. The van der Waals surface area contributed by atoms with Crippen LogP contribution in [0, 0.1) is 12.8 Å². The molecule has 3 rings (SSSR count). The molecule has 1 heterocycles. The molecule has 0 spiro atoms. The van der Waals surface area contributed by atoms with Gasteiger partial charge in [-0.05, 0) is 54.2 Å². The van der Waals surface area contributed by atoms with E-state index in [-0.39, 0.29) is 24.8 Å². The minimum atomic E-state index is -3.64. The predicted octanol–water partition coefficient (Wildman–Crippen LogP) is 4.17. The van der Waals surface area contributed by atoms with Crippen molar-refractivity contribution >= 4 is 51.6 Å². The normalized spacial score (nSPS) is 11.0. The minimum absolute atomic E-state index is 0. The first kappa shape index (κ1) is 29.6. The van der Waals surface area contributed by atoms with Crippen LogP contribution >= 0.6 is 24.8 Å². The number of rotatable bonds is 8. The van der Waals surface area contributed by atoms with Gasteiger partial charge >= 0.3 is 0 Å². The SMILES string of the molecule is Cc1ccc(-c2c(CN)c(CC(C)C)nc3ccc(OCC(=O)NS(C)(=O)=O)cc23)cc1.Cl.Cl. The van der Waals surface area contributed by atoms with Crippen LogP contribution in [0.1, 0.15) is 30.7 Å². The Bertz CT molecular complexity index is 1250. The molecule has 0 aliphatic heterocycles. The molecule has 0 bridgehead atoms. The van der Waals surface area contributed by atoms with Crippen molar-refractivity contribution in [3.63, 3.8) is 0 Å². The molecule has 1 aromatic heterocycles. The van der Waals surface area contributed by atoms with Gasteiger partial charge in [-0.25, -0.2) is 8.42 Å². The largest absolute Gasteiger partial charge is 0.484 e. The third kappa shape index (κ3) is 7.56. The number of nitrogens with zero attached hydrogens (tertiary/aromatic N) is 1. The molecule has 3 aromatic rings. The van der Waals surface area contributed by atoms with E-state index in [4.69, 9.17) is 15.5 Å². The number of hydrogen-bond donors (Lipinski definition) is 2. The first-order chi connectivity index (χ1) is 15.1. The number of benzene rings is 2. The van der Waals surface area contributed by atoms with Gasteiger partial charge in [-0.15, -0.1) is 24.8 Å². The quantitative estimate of drug-likeness (QED) is 0.454. The summed E-state index contributed by atoms with van der Waals surface area (Å²) in [4.78, 5) is 16.7. The van der Waals surface area contributed by atoms with Gasteiger partial charge in [0.05, 0.1) is 11.8 Å². The molecule has 0 radical (unpaired) electrons. The zero-order valence-corrected chi connectivity index (χ0v) is 22.1. The number of aryl methyl sites for hydroxylation is 1. The van der Waals surface area contributed by atoms with Crippen molar-refractivity contribution in [3.8, 4) is 16.9 Å². The second kappa shape index (κ2) is 12.4. The van der Waals surface area contributed by atoms with E-state index in [1.807, 2.05) is 23.8 Å². The maximum atomic E-state index is 11.8. The highest BCUT2D eigenvalue weighted by molar-refractivity contribution is 7.89. The molecular formula is C24H31Cl2N3O4S. The van der Waals surface area contributed by atoms with Gasteiger partial charge in [0.15, 0.2) is 6.61 Å². The van der Waals surface area contributed by atoms with E-state index < -0.39 is 22.5 Å². The maximum Gasteiger partial charge on any atom is 0.271 e. The summed E-state index contributed by atoms with van der Waals surface area (Å²) < 4.78 is 29.9. The summed E-state index contributed by atoms with van der Waals surface area (Å²) in [5.74, 6) is 0.127. The van der Waals surface area contributed by atoms with E-state index in [1.165, 1.54) is 0 Å². The Labute approximate surface area is 213 Å². The first-order valence-electron chi connectivity index (χ1n) is 10.4. The Morgan fingerprint density at radius 3 is 2.32 bits per heavy atom. The lowest BCUT2D eigenvalue weighted by Crippen LogP contribution is -2.33. The number of nitrogens with one attached hydrogen (secondary N) is 1. The molecule has 0 fully saturated rings. The molecule has 0 aliphatic rings. The number of fused-ring (bicyclic) bond motifs is 1. The maximum absolute atomic E-state index is 11.8. The van der Waals surface area contributed by atoms with Crippen LogP contribution in [-0.2, 0) is 27.8 Å². The van der Waals surface area contributed by atoms with Gasteiger partial charge in [0, 0.05) is 17.6 Å². The molecule has 10 heteroatoms. The van der Waals surface area contributed by atoms with Crippen molar-refractivity contribution < 1.29 is 17.9 Å². The zero-order chi connectivity index (χ0) is 23.5. The molecule has 34 heavy (non-hydrogen) atoms. The average molecular weight is 529 g/mol. The van der Waals surface area contributed by atoms with Crippen LogP contribution < -0.4 is 15.2 Å². The summed E-state index contributed by atoms with van der Waals surface area (Å²) >= 11 is 0. The smallest absolute Gasteiger partial charge is 0.271 e. The first-order valence-corrected chi connectivity index (χ1v) is 12.3. The Kier molecular flexibility index (Phi) is 10.8. The van der Waals surface area contributed by atoms with Crippen LogP contribution in [0.5, 0.6) is 5.75 Å². The van der Waals surface area contributed by atoms with E-state index in [0.29, 0.717) is 18.2 Å². The highest BCUT2D eigenvalue weighted by Crippen LogP contribution is 2.35. The van der Waals surface area contributed by atoms with E-state index in [2.05, 4.69) is 38.1 Å². The molecule has 0 saturated heterocycles. The standard InChI is InChI=1S/C24H29N3O4S.2ClH/c1-15(2)11-22-20(13-25)24(17-7-5-16(3)6-8-17)19-12-18(9-10-21(19)26-22)31-14-23(28)27-32(4,29)30;;/h5-10,12,15H,11,13-14,25H2,1-4H3,(H,27,28);2*1H. The molecule has 186 valence electrons. The van der Waals surface area contributed by atoms with Crippen LogP contribution in [0.4, 0.5) is 0 Å². The molecule has 7 nitrogen and oxygen atoms in total. The van der Waals surface area contributed by atoms with Crippen LogP contribution in [0.2, 0.25) is 0 Å². The fourth-order valence-corrected chi connectivity index (χ4v) is 4.11. The molecule has 0 aliphatic carbocycles. The van der Waals surface area contributed by atoms with Gasteiger partial charge in [0.2, 0.25) is 10.0 Å². The summed E-state index contributed by atoms with van der Waals surface area (Å²) in [6, 6.07) is 13.6. The molecular weight excluding hydrogens is 497 g/mol. The van der Waals surface area contributed by atoms with Crippen LogP contribution in [0.3, 0.4) is 0 Å². The van der Waals surface area contributed by atoms with E-state index in [1.54, 1.807) is 6.07 Å². The van der Waals surface area contributed by atoms with Gasteiger partial charge in [-0.2, -0.15) is 0 Å². The third-order valence-electron chi connectivity index (χ3n) is 4.96. The van der Waals surface area contributed by atoms with E-state index in [0.717, 1.165) is 51.5 Å². The number of carbonyl (C=O) groups is 1. The number of pyridine rings is 1. The molecule has 0 unspecified atom stereocenters. The van der Waals surface area contributed by atoms with Crippen molar-refractivity contribution in [1.82, 2.24) is 9.71 Å². The number of amides is 1. The lowest BCUT2D eigenvalue weighted by atomic mass is 9.91. The zero-order valence-electron chi connectivity index (χ0n) is 19.6. The van der Waals surface area contributed by atoms with Crippen molar-refractivity contribution in [2.75, 3.05) is 12.9 Å². The highest BCUT2D eigenvalue weighted by Gasteiger charge is 2.18.